The monoisotopic (exact) mass is 498 g/mol. The van der Waals surface area contributed by atoms with Crippen LogP contribution in [-0.2, 0) is 9.53 Å². The Balaban J connectivity index is 1.29. The maximum Gasteiger partial charge on any atom is 0.409 e. The first-order chi connectivity index (χ1) is 16.9. The largest absolute Gasteiger partial charge is 0.474 e. The van der Waals surface area contributed by atoms with Crippen molar-refractivity contribution < 1.29 is 28.6 Å². The maximum atomic E-state index is 12.1. The van der Waals surface area contributed by atoms with Crippen LogP contribution in [-0.4, -0.2) is 57.9 Å². The molecule has 11 heteroatoms. The van der Waals surface area contributed by atoms with Crippen LogP contribution in [0.25, 0.3) is 6.08 Å². The Kier molecular flexibility index (Phi) is 7.86. The zero-order valence-corrected chi connectivity index (χ0v) is 20.2. The fraction of sp³-hybridized carbons (Fsp3) is 0.375. The van der Waals surface area contributed by atoms with Gasteiger partial charge in [0.05, 0.1) is 17.6 Å². The number of benzene rings is 1. The number of carbonyl (C=O) groups is 3. The summed E-state index contributed by atoms with van der Waals surface area (Å²) < 4.78 is 17.1. The fourth-order valence-corrected chi connectivity index (χ4v) is 4.11. The second-order valence-corrected chi connectivity index (χ2v) is 9.51. The molecule has 1 aromatic heterocycles. The number of hydrogen-bond donors (Lipinski definition) is 1. The molecule has 184 valence electrons. The normalized spacial score (nSPS) is 17.6. The molecule has 0 aliphatic carbocycles. The fourth-order valence-electron chi connectivity index (χ4n) is 3.42. The summed E-state index contributed by atoms with van der Waals surface area (Å²) in [4.78, 5) is 45.4. The number of thioether (sulfide) groups is 1. The van der Waals surface area contributed by atoms with E-state index in [9.17, 15) is 14.4 Å². The van der Waals surface area contributed by atoms with Crippen molar-refractivity contribution >= 4 is 35.1 Å². The molecule has 3 amide bonds. The summed E-state index contributed by atoms with van der Waals surface area (Å²) in [5.74, 6) is 1.17. The number of piperidine rings is 1. The highest BCUT2D eigenvalue weighted by Gasteiger charge is 2.26. The SMILES string of the molecule is CC(C)COC(=O)N1CCC(Oc2cc(Oc3ccc(/C=C4\SC(=O)NC4=O)cc3)ncn2)CC1. The molecular weight excluding hydrogens is 472 g/mol. The highest BCUT2D eigenvalue weighted by molar-refractivity contribution is 8.18. The number of aromatic nitrogens is 2. The van der Waals surface area contributed by atoms with Crippen molar-refractivity contribution in [3.05, 3.63) is 47.1 Å². The van der Waals surface area contributed by atoms with Crippen LogP contribution < -0.4 is 14.8 Å². The van der Waals surface area contributed by atoms with Crippen LogP contribution in [0.2, 0.25) is 0 Å². The number of imide groups is 1. The van der Waals surface area contributed by atoms with E-state index in [1.165, 1.54) is 6.33 Å². The van der Waals surface area contributed by atoms with Gasteiger partial charge >= 0.3 is 6.09 Å². The Morgan fingerprint density at radius 2 is 1.89 bits per heavy atom. The molecule has 0 spiro atoms. The minimum atomic E-state index is -0.398. The molecule has 10 nitrogen and oxygen atoms in total. The molecule has 0 radical (unpaired) electrons. The lowest BCUT2D eigenvalue weighted by molar-refractivity contribution is -0.115. The summed E-state index contributed by atoms with van der Waals surface area (Å²) >= 11 is 0.869. The Morgan fingerprint density at radius 3 is 2.54 bits per heavy atom. The minimum Gasteiger partial charge on any atom is -0.474 e. The van der Waals surface area contributed by atoms with E-state index >= 15 is 0 Å². The first kappa shape index (κ1) is 24.5. The van der Waals surface area contributed by atoms with Gasteiger partial charge in [0.15, 0.2) is 0 Å². The smallest absolute Gasteiger partial charge is 0.409 e. The molecule has 1 aromatic carbocycles. The minimum absolute atomic E-state index is 0.0724. The molecule has 0 unspecified atom stereocenters. The molecule has 0 bridgehead atoms. The topological polar surface area (TPSA) is 120 Å². The van der Waals surface area contributed by atoms with Crippen molar-refractivity contribution in [2.24, 2.45) is 5.92 Å². The molecule has 2 fully saturated rings. The summed E-state index contributed by atoms with van der Waals surface area (Å²) in [6.45, 7) is 5.54. The molecule has 2 aromatic rings. The van der Waals surface area contributed by atoms with Crippen molar-refractivity contribution in [1.29, 1.82) is 0 Å². The number of hydrogen-bond acceptors (Lipinski definition) is 9. The summed E-state index contributed by atoms with van der Waals surface area (Å²) in [7, 11) is 0. The molecule has 4 rings (SSSR count). The van der Waals surface area contributed by atoms with Gasteiger partial charge in [-0.2, -0.15) is 0 Å². The standard InChI is InChI=1S/C24H26N4O6S/c1-15(2)13-32-24(31)28-9-7-18(8-10-28)34-21-12-20(25-14-26-21)33-17-5-3-16(4-6-17)11-19-22(29)27-23(30)35-19/h3-6,11-12,14-15,18H,7-10,13H2,1-2H3,(H,27,29,30)/b19-11-. The molecule has 2 aliphatic heterocycles. The number of amides is 3. The molecule has 0 atom stereocenters. The van der Waals surface area contributed by atoms with Gasteiger partial charge in [-0.05, 0) is 41.5 Å². The van der Waals surface area contributed by atoms with Crippen molar-refractivity contribution in [2.75, 3.05) is 19.7 Å². The number of carbonyl (C=O) groups excluding carboxylic acids is 3. The zero-order valence-electron chi connectivity index (χ0n) is 19.4. The molecule has 0 saturated carbocycles. The third-order valence-electron chi connectivity index (χ3n) is 5.19. The predicted molar refractivity (Wildman–Crippen MR) is 129 cm³/mol. The van der Waals surface area contributed by atoms with Crippen molar-refractivity contribution in [3.8, 4) is 17.5 Å². The third kappa shape index (κ3) is 6.95. The van der Waals surface area contributed by atoms with Crippen molar-refractivity contribution in [2.45, 2.75) is 32.8 Å². The first-order valence-electron chi connectivity index (χ1n) is 11.3. The molecular formula is C24H26N4O6S. The Hall–Kier alpha value is -3.60. The van der Waals surface area contributed by atoms with Gasteiger partial charge in [-0.15, -0.1) is 0 Å². The van der Waals surface area contributed by atoms with Gasteiger partial charge in [0.2, 0.25) is 11.8 Å². The van der Waals surface area contributed by atoms with Crippen LogP contribution in [0.5, 0.6) is 17.5 Å². The first-order valence-corrected chi connectivity index (χ1v) is 12.1. The highest BCUT2D eigenvalue weighted by Crippen LogP contribution is 2.27. The van der Waals surface area contributed by atoms with Crippen LogP contribution in [0.1, 0.15) is 32.3 Å². The van der Waals surface area contributed by atoms with E-state index < -0.39 is 5.91 Å². The molecule has 2 saturated heterocycles. The Labute approximate surface area is 207 Å². The van der Waals surface area contributed by atoms with E-state index in [1.54, 1.807) is 41.3 Å². The quantitative estimate of drug-likeness (QED) is 0.559. The Morgan fingerprint density at radius 1 is 1.17 bits per heavy atom. The number of nitrogens with one attached hydrogen (secondary N) is 1. The zero-order chi connectivity index (χ0) is 24.8. The van der Waals surface area contributed by atoms with E-state index in [2.05, 4.69) is 15.3 Å². The van der Waals surface area contributed by atoms with Gasteiger partial charge in [-0.1, -0.05) is 26.0 Å². The summed E-state index contributed by atoms with van der Waals surface area (Å²) in [6, 6.07) is 8.64. The lowest BCUT2D eigenvalue weighted by Crippen LogP contribution is -2.42. The molecule has 3 heterocycles. The average molecular weight is 499 g/mol. The van der Waals surface area contributed by atoms with Gasteiger partial charge in [-0.3, -0.25) is 14.9 Å². The molecule has 35 heavy (non-hydrogen) atoms. The van der Waals surface area contributed by atoms with E-state index in [0.717, 1.165) is 17.3 Å². The van der Waals surface area contributed by atoms with Gasteiger partial charge in [0.25, 0.3) is 11.1 Å². The van der Waals surface area contributed by atoms with Gasteiger partial charge < -0.3 is 19.1 Å². The Bertz CT molecular complexity index is 1110. The maximum absolute atomic E-state index is 12.1. The summed E-state index contributed by atoms with van der Waals surface area (Å²) in [6.07, 6.45) is 4.01. The van der Waals surface area contributed by atoms with Gasteiger partial charge in [0.1, 0.15) is 18.2 Å². The van der Waals surface area contributed by atoms with E-state index in [0.29, 0.717) is 60.9 Å². The van der Waals surface area contributed by atoms with Crippen LogP contribution in [0.3, 0.4) is 0 Å². The second kappa shape index (κ2) is 11.2. The van der Waals surface area contributed by atoms with Crippen LogP contribution in [0.15, 0.2) is 41.6 Å². The number of likely N-dealkylation sites (tertiary alicyclic amines) is 1. The van der Waals surface area contributed by atoms with E-state index in [1.807, 2.05) is 13.8 Å². The van der Waals surface area contributed by atoms with E-state index in [4.69, 9.17) is 14.2 Å². The second-order valence-electron chi connectivity index (χ2n) is 8.49. The lowest BCUT2D eigenvalue weighted by atomic mass is 10.1. The molecule has 2 aliphatic rings. The number of ether oxygens (including phenoxy) is 3. The average Bonchev–Trinajstić information content (AvgIpc) is 3.15. The van der Waals surface area contributed by atoms with Crippen LogP contribution in [0.4, 0.5) is 9.59 Å². The van der Waals surface area contributed by atoms with Crippen LogP contribution in [0, 0.1) is 5.92 Å². The summed E-state index contributed by atoms with van der Waals surface area (Å²) in [5, 5.41) is 1.85. The molecule has 1 N–H and O–H groups in total. The summed E-state index contributed by atoms with van der Waals surface area (Å²) in [5.41, 5.74) is 0.760. The third-order valence-corrected chi connectivity index (χ3v) is 6.00. The lowest BCUT2D eigenvalue weighted by Gasteiger charge is -2.31. The highest BCUT2D eigenvalue weighted by atomic mass is 32.2. The van der Waals surface area contributed by atoms with Gasteiger partial charge in [-0.25, -0.2) is 14.8 Å². The van der Waals surface area contributed by atoms with Crippen molar-refractivity contribution in [3.63, 3.8) is 0 Å². The van der Waals surface area contributed by atoms with Crippen molar-refractivity contribution in [1.82, 2.24) is 20.2 Å². The van der Waals surface area contributed by atoms with E-state index in [-0.39, 0.29) is 17.4 Å². The van der Waals surface area contributed by atoms with Gasteiger partial charge in [0, 0.05) is 25.9 Å². The van der Waals surface area contributed by atoms with Crippen LogP contribution >= 0.6 is 11.8 Å². The number of rotatable bonds is 7. The number of nitrogens with zero attached hydrogens (tertiary/aromatic N) is 3. The predicted octanol–water partition coefficient (Wildman–Crippen LogP) is 4.23.